The third-order valence-corrected chi connectivity index (χ3v) is 3.19. The molecule has 2 rings (SSSR count). The molecule has 0 unspecified atom stereocenters. The van der Waals surface area contributed by atoms with Crippen LogP contribution in [-0.2, 0) is 6.42 Å². The molecule has 5 heteroatoms. The maximum Gasteiger partial charge on any atom is 0.253 e. The van der Waals surface area contributed by atoms with Crippen molar-refractivity contribution in [1.29, 1.82) is 0 Å². The Hall–Kier alpha value is -1.94. The monoisotopic (exact) mass is 289 g/mol. The molecule has 0 spiro atoms. The summed E-state index contributed by atoms with van der Waals surface area (Å²) in [6, 6.07) is 7.24. The second-order valence-electron chi connectivity index (χ2n) is 4.65. The summed E-state index contributed by atoms with van der Waals surface area (Å²) in [5, 5.41) is 0.343. The van der Waals surface area contributed by atoms with Gasteiger partial charge in [-0.25, -0.2) is 4.98 Å². The summed E-state index contributed by atoms with van der Waals surface area (Å²) < 4.78 is 0. The molecule has 0 saturated heterocycles. The first kappa shape index (κ1) is 14.5. The Morgan fingerprint density at radius 3 is 2.65 bits per heavy atom. The first-order valence-electron chi connectivity index (χ1n) is 6.35. The van der Waals surface area contributed by atoms with Crippen LogP contribution in [0.15, 0.2) is 36.7 Å². The normalized spacial score (nSPS) is 10.3. The summed E-state index contributed by atoms with van der Waals surface area (Å²) in [5.41, 5.74) is 2.46. The molecule has 0 radical (unpaired) electrons. The fourth-order valence-corrected chi connectivity index (χ4v) is 2.17. The fourth-order valence-electron chi connectivity index (χ4n) is 1.92. The van der Waals surface area contributed by atoms with Crippen LogP contribution in [0.1, 0.15) is 21.6 Å². The number of rotatable bonds is 4. The Morgan fingerprint density at radius 2 is 2.00 bits per heavy atom. The molecule has 4 nitrogen and oxygen atoms in total. The molecule has 0 aromatic carbocycles. The summed E-state index contributed by atoms with van der Waals surface area (Å²) in [6.45, 7) is 2.46. The van der Waals surface area contributed by atoms with E-state index in [0.717, 1.165) is 17.7 Å². The van der Waals surface area contributed by atoms with Gasteiger partial charge in [0.2, 0.25) is 0 Å². The quantitative estimate of drug-likeness (QED) is 0.813. The van der Waals surface area contributed by atoms with Crippen LogP contribution >= 0.6 is 11.6 Å². The molecule has 2 aromatic rings. The van der Waals surface area contributed by atoms with Gasteiger partial charge >= 0.3 is 0 Å². The van der Waals surface area contributed by atoms with Gasteiger partial charge in [0.05, 0.1) is 0 Å². The predicted molar refractivity (Wildman–Crippen MR) is 78.9 cm³/mol. The smallest absolute Gasteiger partial charge is 0.253 e. The maximum atomic E-state index is 12.3. The van der Waals surface area contributed by atoms with E-state index in [-0.39, 0.29) is 5.91 Å². The highest BCUT2D eigenvalue weighted by atomic mass is 35.5. The van der Waals surface area contributed by atoms with Crippen molar-refractivity contribution in [2.45, 2.75) is 13.3 Å². The van der Waals surface area contributed by atoms with Crippen molar-refractivity contribution in [3.8, 4) is 0 Å². The number of halogens is 1. The molecule has 104 valence electrons. The van der Waals surface area contributed by atoms with Crippen molar-refractivity contribution in [3.63, 3.8) is 0 Å². The van der Waals surface area contributed by atoms with E-state index in [0.29, 0.717) is 17.3 Å². The van der Waals surface area contributed by atoms with Gasteiger partial charge in [-0.05, 0) is 43.2 Å². The lowest BCUT2D eigenvalue weighted by atomic mass is 10.1. The number of carbonyl (C=O) groups excluding carboxylic acids is 1. The van der Waals surface area contributed by atoms with E-state index in [1.54, 1.807) is 36.5 Å². The Kier molecular flexibility index (Phi) is 4.69. The summed E-state index contributed by atoms with van der Waals surface area (Å²) in [4.78, 5) is 22.0. The van der Waals surface area contributed by atoms with Gasteiger partial charge in [-0.1, -0.05) is 11.6 Å². The molecule has 20 heavy (non-hydrogen) atoms. The van der Waals surface area contributed by atoms with Crippen LogP contribution in [0.3, 0.4) is 0 Å². The lowest BCUT2D eigenvalue weighted by Gasteiger charge is -2.17. The van der Waals surface area contributed by atoms with Gasteiger partial charge in [-0.15, -0.1) is 0 Å². The summed E-state index contributed by atoms with van der Waals surface area (Å²) in [6.07, 6.45) is 4.30. The van der Waals surface area contributed by atoms with Crippen LogP contribution in [-0.4, -0.2) is 34.4 Å². The van der Waals surface area contributed by atoms with E-state index in [2.05, 4.69) is 9.97 Å². The summed E-state index contributed by atoms with van der Waals surface area (Å²) >= 11 is 5.88. The summed E-state index contributed by atoms with van der Waals surface area (Å²) in [7, 11) is 1.78. The average molecular weight is 290 g/mol. The molecule has 0 fully saturated rings. The van der Waals surface area contributed by atoms with Crippen molar-refractivity contribution in [2.24, 2.45) is 0 Å². The lowest BCUT2D eigenvalue weighted by molar-refractivity contribution is 0.0796. The Balaban J connectivity index is 2.01. The van der Waals surface area contributed by atoms with Gasteiger partial charge in [0, 0.05) is 37.2 Å². The lowest BCUT2D eigenvalue weighted by Crippen LogP contribution is -2.29. The van der Waals surface area contributed by atoms with Gasteiger partial charge in [0.1, 0.15) is 5.15 Å². The van der Waals surface area contributed by atoms with Crippen LogP contribution in [0.4, 0.5) is 0 Å². The molecule has 2 heterocycles. The minimum atomic E-state index is -0.0496. The highest BCUT2D eigenvalue weighted by Gasteiger charge is 2.13. The van der Waals surface area contributed by atoms with Gasteiger partial charge in [0.25, 0.3) is 5.91 Å². The van der Waals surface area contributed by atoms with Gasteiger partial charge in [-0.3, -0.25) is 9.78 Å². The third-order valence-electron chi connectivity index (χ3n) is 3.00. The van der Waals surface area contributed by atoms with E-state index in [9.17, 15) is 4.79 Å². The number of hydrogen-bond acceptors (Lipinski definition) is 3. The average Bonchev–Trinajstić information content (AvgIpc) is 2.44. The van der Waals surface area contributed by atoms with Crippen molar-refractivity contribution >= 4 is 17.5 Å². The zero-order valence-corrected chi connectivity index (χ0v) is 12.3. The van der Waals surface area contributed by atoms with E-state index in [1.807, 2.05) is 19.1 Å². The highest BCUT2D eigenvalue weighted by Crippen LogP contribution is 2.12. The van der Waals surface area contributed by atoms with Gasteiger partial charge in [-0.2, -0.15) is 0 Å². The fraction of sp³-hybridized carbons (Fsp3) is 0.267. The van der Waals surface area contributed by atoms with Crippen LogP contribution in [0, 0.1) is 6.92 Å². The molecule has 0 aliphatic rings. The predicted octanol–water partition coefficient (Wildman–Crippen LogP) is 2.75. The van der Waals surface area contributed by atoms with E-state index >= 15 is 0 Å². The molecule has 0 saturated carbocycles. The van der Waals surface area contributed by atoms with E-state index < -0.39 is 0 Å². The van der Waals surface area contributed by atoms with Gasteiger partial charge < -0.3 is 4.90 Å². The topological polar surface area (TPSA) is 46.1 Å². The van der Waals surface area contributed by atoms with Crippen molar-refractivity contribution in [1.82, 2.24) is 14.9 Å². The molecule has 0 bridgehead atoms. The minimum absolute atomic E-state index is 0.0496. The number of likely N-dealkylation sites (N-methyl/N-ethyl adjacent to an activating group) is 1. The SMILES string of the molecule is Cc1cc(C(=O)N(C)CCc2ccncc2)cc(Cl)n1. The molecule has 0 aliphatic carbocycles. The number of aromatic nitrogens is 2. The van der Waals surface area contributed by atoms with Crippen LogP contribution in [0.5, 0.6) is 0 Å². The van der Waals surface area contributed by atoms with Crippen molar-refractivity contribution in [3.05, 3.63) is 58.6 Å². The number of pyridine rings is 2. The van der Waals surface area contributed by atoms with Crippen molar-refractivity contribution < 1.29 is 4.79 Å². The number of nitrogens with zero attached hydrogens (tertiary/aromatic N) is 3. The van der Waals surface area contributed by atoms with E-state index in [4.69, 9.17) is 11.6 Å². The van der Waals surface area contributed by atoms with Gasteiger partial charge in [0.15, 0.2) is 0 Å². The first-order valence-corrected chi connectivity index (χ1v) is 6.72. The van der Waals surface area contributed by atoms with Crippen molar-refractivity contribution in [2.75, 3.05) is 13.6 Å². The van der Waals surface area contributed by atoms with Crippen LogP contribution in [0.2, 0.25) is 5.15 Å². The molecular formula is C15H16ClN3O. The van der Waals surface area contributed by atoms with Crippen LogP contribution < -0.4 is 0 Å². The Bertz CT molecular complexity index is 581. The zero-order valence-electron chi connectivity index (χ0n) is 11.5. The standard InChI is InChI=1S/C15H16ClN3O/c1-11-9-13(10-14(16)18-11)15(20)19(2)8-5-12-3-6-17-7-4-12/h3-4,6-7,9-10H,5,8H2,1-2H3. The number of carbonyl (C=O) groups is 1. The van der Waals surface area contributed by atoms with Crippen LogP contribution in [0.25, 0.3) is 0 Å². The summed E-state index contributed by atoms with van der Waals surface area (Å²) in [5.74, 6) is -0.0496. The largest absolute Gasteiger partial charge is 0.341 e. The Morgan fingerprint density at radius 1 is 1.30 bits per heavy atom. The number of amides is 1. The molecule has 1 amide bonds. The third kappa shape index (κ3) is 3.78. The van der Waals surface area contributed by atoms with E-state index in [1.165, 1.54) is 0 Å². The molecule has 0 aliphatic heterocycles. The Labute approximate surface area is 123 Å². The molecule has 2 aromatic heterocycles. The number of hydrogen-bond donors (Lipinski definition) is 0. The molecular weight excluding hydrogens is 274 g/mol. The molecule has 0 atom stereocenters. The number of aryl methyl sites for hydroxylation is 1. The zero-order chi connectivity index (χ0) is 14.5. The highest BCUT2D eigenvalue weighted by molar-refractivity contribution is 6.29. The first-order chi connectivity index (χ1) is 9.56. The second kappa shape index (κ2) is 6.48. The minimum Gasteiger partial charge on any atom is -0.341 e. The molecule has 0 N–H and O–H groups in total. The maximum absolute atomic E-state index is 12.3. The second-order valence-corrected chi connectivity index (χ2v) is 5.04.